The predicted octanol–water partition coefficient (Wildman–Crippen LogP) is 1.49. The fraction of sp³-hybridized carbons (Fsp3) is 0.333. The lowest BCUT2D eigenvalue weighted by molar-refractivity contribution is -0.117. The molecule has 20 heavy (non-hydrogen) atoms. The number of ether oxygens (including phenoxy) is 1. The van der Waals surface area contributed by atoms with E-state index in [0.29, 0.717) is 12.2 Å². The number of nitrogens with one attached hydrogen (secondary N) is 1. The van der Waals surface area contributed by atoms with E-state index in [0.717, 1.165) is 5.56 Å². The Balaban J connectivity index is 2.49. The molecule has 0 spiro atoms. The molecular weight excluding hydrogens is 256 g/mol. The first kappa shape index (κ1) is 15.7. The Hall–Kier alpha value is -2.32. The zero-order valence-corrected chi connectivity index (χ0v) is 11.4. The normalized spacial score (nSPS) is 11.8. The largest absolute Gasteiger partial charge is 0.479 e. The molecule has 1 aromatic carbocycles. The summed E-state index contributed by atoms with van der Waals surface area (Å²) in [7, 11) is 0. The number of carbonyl (C=O) groups excluding carboxylic acids is 1. The molecule has 0 bridgehead atoms. The number of aliphatic hydroxyl groups excluding tert-OH is 1. The maximum atomic E-state index is 11.6. The van der Waals surface area contributed by atoms with E-state index in [4.69, 9.17) is 15.1 Å². The molecule has 1 atom stereocenters. The van der Waals surface area contributed by atoms with Crippen LogP contribution in [-0.4, -0.2) is 30.3 Å². The SMILES string of the molecule is CC(CCO)NC(=O)/C=C/c1ccc(OCC#N)cc1. The second-order valence-corrected chi connectivity index (χ2v) is 4.27. The summed E-state index contributed by atoms with van der Waals surface area (Å²) in [5.74, 6) is 0.417. The van der Waals surface area contributed by atoms with Gasteiger partial charge in [-0.1, -0.05) is 12.1 Å². The lowest BCUT2D eigenvalue weighted by Crippen LogP contribution is -2.31. The Kier molecular flexibility index (Phi) is 6.87. The molecule has 106 valence electrons. The molecule has 0 radical (unpaired) electrons. The van der Waals surface area contributed by atoms with Gasteiger partial charge >= 0.3 is 0 Å². The van der Waals surface area contributed by atoms with Crippen LogP contribution in [0.3, 0.4) is 0 Å². The van der Waals surface area contributed by atoms with Crippen molar-refractivity contribution in [3.05, 3.63) is 35.9 Å². The maximum absolute atomic E-state index is 11.6. The number of hydrogen-bond acceptors (Lipinski definition) is 4. The number of carbonyl (C=O) groups is 1. The number of rotatable bonds is 7. The Labute approximate surface area is 118 Å². The van der Waals surface area contributed by atoms with Gasteiger partial charge in [0.15, 0.2) is 6.61 Å². The first-order valence-electron chi connectivity index (χ1n) is 6.35. The van der Waals surface area contributed by atoms with Crippen LogP contribution in [0.25, 0.3) is 6.08 Å². The van der Waals surface area contributed by atoms with Crippen molar-refractivity contribution >= 4 is 12.0 Å². The molecule has 1 aromatic rings. The van der Waals surface area contributed by atoms with Crippen LogP contribution in [0.4, 0.5) is 0 Å². The topological polar surface area (TPSA) is 82.3 Å². The van der Waals surface area contributed by atoms with Crippen LogP contribution in [0, 0.1) is 11.3 Å². The van der Waals surface area contributed by atoms with E-state index in [9.17, 15) is 4.79 Å². The summed E-state index contributed by atoms with van der Waals surface area (Å²) in [4.78, 5) is 11.6. The van der Waals surface area contributed by atoms with Crippen molar-refractivity contribution in [2.75, 3.05) is 13.2 Å². The minimum Gasteiger partial charge on any atom is -0.479 e. The second-order valence-electron chi connectivity index (χ2n) is 4.27. The highest BCUT2D eigenvalue weighted by atomic mass is 16.5. The van der Waals surface area contributed by atoms with E-state index in [1.807, 2.05) is 13.0 Å². The van der Waals surface area contributed by atoms with Gasteiger partial charge in [-0.2, -0.15) is 5.26 Å². The second kappa shape index (κ2) is 8.73. The zero-order valence-electron chi connectivity index (χ0n) is 11.4. The predicted molar refractivity (Wildman–Crippen MR) is 75.9 cm³/mol. The summed E-state index contributed by atoms with van der Waals surface area (Å²) in [6.45, 7) is 1.90. The maximum Gasteiger partial charge on any atom is 0.244 e. The summed E-state index contributed by atoms with van der Waals surface area (Å²) in [6, 6.07) is 8.91. The van der Waals surface area contributed by atoms with Crippen molar-refractivity contribution in [2.24, 2.45) is 0 Å². The molecule has 0 aliphatic rings. The molecule has 1 rings (SSSR count). The lowest BCUT2D eigenvalue weighted by Gasteiger charge is -2.09. The van der Waals surface area contributed by atoms with E-state index < -0.39 is 0 Å². The van der Waals surface area contributed by atoms with E-state index in [1.54, 1.807) is 30.3 Å². The van der Waals surface area contributed by atoms with Crippen molar-refractivity contribution in [1.82, 2.24) is 5.32 Å². The van der Waals surface area contributed by atoms with Gasteiger partial charge in [0.2, 0.25) is 5.91 Å². The molecule has 0 saturated carbocycles. The highest BCUT2D eigenvalue weighted by Crippen LogP contribution is 2.12. The molecule has 0 aromatic heterocycles. The summed E-state index contributed by atoms with van der Waals surface area (Å²) >= 11 is 0. The molecule has 5 heteroatoms. The van der Waals surface area contributed by atoms with Crippen LogP contribution in [0.1, 0.15) is 18.9 Å². The van der Waals surface area contributed by atoms with E-state index >= 15 is 0 Å². The monoisotopic (exact) mass is 274 g/mol. The average molecular weight is 274 g/mol. The molecular formula is C15H18N2O3. The van der Waals surface area contributed by atoms with Gasteiger partial charge in [-0.05, 0) is 37.1 Å². The summed E-state index contributed by atoms with van der Waals surface area (Å²) < 4.78 is 5.13. The quantitative estimate of drug-likeness (QED) is 0.738. The Morgan fingerprint density at radius 2 is 2.20 bits per heavy atom. The molecule has 0 aliphatic carbocycles. The van der Waals surface area contributed by atoms with Crippen molar-refractivity contribution in [3.63, 3.8) is 0 Å². The van der Waals surface area contributed by atoms with Crippen molar-refractivity contribution in [1.29, 1.82) is 5.26 Å². The van der Waals surface area contributed by atoms with Crippen LogP contribution in [0.2, 0.25) is 0 Å². The smallest absolute Gasteiger partial charge is 0.244 e. The fourth-order valence-corrected chi connectivity index (χ4v) is 1.52. The van der Waals surface area contributed by atoms with E-state index in [2.05, 4.69) is 5.32 Å². The molecule has 0 heterocycles. The van der Waals surface area contributed by atoms with Gasteiger partial charge in [-0.3, -0.25) is 4.79 Å². The van der Waals surface area contributed by atoms with Crippen molar-refractivity contribution < 1.29 is 14.6 Å². The third-order valence-electron chi connectivity index (χ3n) is 2.56. The summed E-state index contributed by atoms with van der Waals surface area (Å²) in [5, 5.41) is 19.9. The number of nitrogens with zero attached hydrogens (tertiary/aromatic N) is 1. The van der Waals surface area contributed by atoms with Gasteiger partial charge < -0.3 is 15.2 Å². The zero-order chi connectivity index (χ0) is 14.8. The van der Waals surface area contributed by atoms with Gasteiger partial charge in [-0.25, -0.2) is 0 Å². The van der Waals surface area contributed by atoms with Crippen LogP contribution in [0.15, 0.2) is 30.3 Å². The standard InChI is InChI=1S/C15H18N2O3/c1-12(8-10-18)17-15(19)7-4-13-2-5-14(6-3-13)20-11-9-16/h2-7,12,18H,8,10-11H2,1H3,(H,17,19)/b7-4+. The van der Waals surface area contributed by atoms with Gasteiger partial charge in [0, 0.05) is 18.7 Å². The van der Waals surface area contributed by atoms with Crippen LogP contribution in [-0.2, 0) is 4.79 Å². The van der Waals surface area contributed by atoms with Crippen molar-refractivity contribution in [3.8, 4) is 11.8 Å². The minimum absolute atomic E-state index is 0.0142. The van der Waals surface area contributed by atoms with E-state index in [1.165, 1.54) is 6.08 Å². The average Bonchev–Trinajstić information content (AvgIpc) is 2.44. The number of nitriles is 1. The summed E-state index contributed by atoms with van der Waals surface area (Å²) in [5.41, 5.74) is 0.860. The molecule has 0 aliphatic heterocycles. The molecule has 2 N–H and O–H groups in total. The third kappa shape index (κ3) is 6.03. The molecule has 1 unspecified atom stereocenters. The third-order valence-corrected chi connectivity index (χ3v) is 2.56. The summed E-state index contributed by atoms with van der Waals surface area (Å²) in [6.07, 6.45) is 3.67. The van der Waals surface area contributed by atoms with E-state index in [-0.39, 0.29) is 25.2 Å². The first-order valence-corrected chi connectivity index (χ1v) is 6.35. The Morgan fingerprint density at radius 1 is 1.50 bits per heavy atom. The van der Waals surface area contributed by atoms with Gasteiger partial charge in [-0.15, -0.1) is 0 Å². The molecule has 0 saturated heterocycles. The van der Waals surface area contributed by atoms with Gasteiger partial charge in [0.25, 0.3) is 0 Å². The molecule has 1 amide bonds. The molecule has 5 nitrogen and oxygen atoms in total. The first-order chi connectivity index (χ1) is 9.65. The van der Waals surface area contributed by atoms with Crippen molar-refractivity contribution in [2.45, 2.75) is 19.4 Å². The number of aliphatic hydroxyl groups is 1. The van der Waals surface area contributed by atoms with Gasteiger partial charge in [0.05, 0.1) is 0 Å². The van der Waals surface area contributed by atoms with Crippen LogP contribution < -0.4 is 10.1 Å². The lowest BCUT2D eigenvalue weighted by atomic mass is 10.2. The Morgan fingerprint density at radius 3 is 2.80 bits per heavy atom. The highest BCUT2D eigenvalue weighted by Gasteiger charge is 2.03. The number of benzene rings is 1. The van der Waals surface area contributed by atoms with Crippen LogP contribution >= 0.6 is 0 Å². The van der Waals surface area contributed by atoms with Gasteiger partial charge in [0.1, 0.15) is 11.8 Å². The Bertz CT molecular complexity index is 489. The minimum atomic E-state index is -0.198. The highest BCUT2D eigenvalue weighted by molar-refractivity contribution is 5.91. The van der Waals surface area contributed by atoms with Crippen LogP contribution in [0.5, 0.6) is 5.75 Å². The number of amides is 1. The number of hydrogen-bond donors (Lipinski definition) is 2. The fourth-order valence-electron chi connectivity index (χ4n) is 1.52. The molecule has 0 fully saturated rings.